The van der Waals surface area contributed by atoms with Crippen LogP contribution < -0.4 is 15.7 Å². The van der Waals surface area contributed by atoms with E-state index in [-0.39, 0.29) is 6.85 Å². The van der Waals surface area contributed by atoms with E-state index in [1.807, 2.05) is 0 Å². The summed E-state index contributed by atoms with van der Waals surface area (Å²) in [6, 6.07) is 70.3. The van der Waals surface area contributed by atoms with Crippen molar-refractivity contribution in [1.82, 2.24) is 4.57 Å². The highest BCUT2D eigenvalue weighted by Crippen LogP contribution is 2.49. The van der Waals surface area contributed by atoms with Crippen LogP contribution in [0.2, 0.25) is 0 Å². The number of nitrogens with zero attached hydrogens (tertiary/aromatic N) is 2. The normalized spacial score (nSPS) is 12.7. The largest absolute Gasteiger partial charge is 0.376 e. The number of aryl methyl sites for hydroxylation is 2. The Hall–Kier alpha value is -7.10. The summed E-state index contributed by atoms with van der Waals surface area (Å²) < 4.78 is 2.61. The number of benzene rings is 9. The Kier molecular flexibility index (Phi) is 6.89. The fraction of sp³-hybridized carbons (Fsp3) is 0.0370. The summed E-state index contributed by atoms with van der Waals surface area (Å²) in [7, 11) is 0. The standard InChI is InChI=1S/C54H37BN2/c1-34-21-25-41(26-22-34)57-49-27-23-35(2)29-45(49)46-33-44(37-15-7-4-8-16-37)52-47-30-38-17-9-10-18-39(38)32-51(47)56-50-28-24-40(31-48(50)55(57)53(46)54(52)56)43-20-12-11-19-42(43)36-13-5-3-6-14-36/h3-33H,1-2H3. The van der Waals surface area contributed by atoms with E-state index in [4.69, 9.17) is 0 Å². The van der Waals surface area contributed by atoms with Crippen molar-refractivity contribution < 1.29 is 0 Å². The van der Waals surface area contributed by atoms with Gasteiger partial charge in [0, 0.05) is 33.4 Å². The molecule has 0 aliphatic carbocycles. The molecule has 10 aromatic rings. The van der Waals surface area contributed by atoms with Crippen molar-refractivity contribution in [2.75, 3.05) is 4.81 Å². The second kappa shape index (κ2) is 12.2. The van der Waals surface area contributed by atoms with Gasteiger partial charge in [-0.2, -0.15) is 0 Å². The lowest BCUT2D eigenvalue weighted by atomic mass is 9.43. The third-order valence-corrected chi connectivity index (χ3v) is 12.5. The van der Waals surface area contributed by atoms with Crippen LogP contribution in [-0.2, 0) is 0 Å². The first-order valence-electron chi connectivity index (χ1n) is 20.0. The fourth-order valence-electron chi connectivity index (χ4n) is 9.90. The van der Waals surface area contributed by atoms with Gasteiger partial charge >= 0.3 is 6.85 Å². The molecule has 1 aromatic heterocycles. The van der Waals surface area contributed by atoms with E-state index in [0.717, 1.165) is 0 Å². The van der Waals surface area contributed by atoms with Gasteiger partial charge < -0.3 is 9.38 Å². The predicted octanol–water partition coefficient (Wildman–Crippen LogP) is 12.8. The van der Waals surface area contributed by atoms with Crippen molar-refractivity contribution in [1.29, 1.82) is 0 Å². The number of hydrogen-bond donors (Lipinski definition) is 0. The minimum atomic E-state index is -0.0738. The lowest BCUT2D eigenvalue weighted by Gasteiger charge is -2.42. The molecule has 0 N–H and O–H groups in total. The Balaban J connectivity index is 1.26. The zero-order valence-corrected chi connectivity index (χ0v) is 31.9. The second-order valence-corrected chi connectivity index (χ2v) is 15.8. The van der Waals surface area contributed by atoms with Gasteiger partial charge in [-0.25, -0.2) is 0 Å². The van der Waals surface area contributed by atoms with Gasteiger partial charge in [0.15, 0.2) is 0 Å². The first-order chi connectivity index (χ1) is 28.1. The summed E-state index contributed by atoms with van der Waals surface area (Å²) in [5.74, 6) is 0. The summed E-state index contributed by atoms with van der Waals surface area (Å²) in [5.41, 5.74) is 21.4. The molecule has 0 saturated carbocycles. The number of hydrogen-bond acceptors (Lipinski definition) is 1. The maximum atomic E-state index is 2.63. The third kappa shape index (κ3) is 4.72. The second-order valence-electron chi connectivity index (χ2n) is 15.8. The summed E-state index contributed by atoms with van der Waals surface area (Å²) in [4.78, 5) is 2.63. The van der Waals surface area contributed by atoms with Crippen molar-refractivity contribution >= 4 is 61.7 Å². The first-order valence-corrected chi connectivity index (χ1v) is 20.0. The molecule has 2 nitrogen and oxygen atoms in total. The number of aromatic nitrogens is 1. The molecule has 9 aromatic carbocycles. The number of fused-ring (bicyclic) bond motifs is 9. The molecule has 2 aliphatic heterocycles. The lowest BCUT2D eigenvalue weighted by molar-refractivity contribution is 1.18. The van der Waals surface area contributed by atoms with Gasteiger partial charge in [-0.3, -0.25) is 0 Å². The van der Waals surface area contributed by atoms with Crippen molar-refractivity contribution in [3.63, 3.8) is 0 Å². The van der Waals surface area contributed by atoms with Crippen LogP contribution in [0.3, 0.4) is 0 Å². The van der Waals surface area contributed by atoms with Gasteiger partial charge in [0.05, 0.1) is 11.0 Å². The van der Waals surface area contributed by atoms with Crippen molar-refractivity contribution in [3.05, 3.63) is 199 Å². The molecule has 0 bridgehead atoms. The van der Waals surface area contributed by atoms with Gasteiger partial charge in [0.2, 0.25) is 0 Å². The summed E-state index contributed by atoms with van der Waals surface area (Å²) in [6.45, 7) is 4.32. The number of rotatable bonds is 4. The quantitative estimate of drug-likeness (QED) is 0.164. The summed E-state index contributed by atoms with van der Waals surface area (Å²) in [6.07, 6.45) is 0. The Morgan fingerprint density at radius 3 is 1.77 bits per heavy atom. The zero-order chi connectivity index (χ0) is 37.8. The highest BCUT2D eigenvalue weighted by atomic mass is 15.1. The molecule has 0 atom stereocenters. The molecule has 2 aliphatic rings. The molecule has 0 amide bonds. The van der Waals surface area contributed by atoms with E-state index in [0.29, 0.717) is 0 Å². The first kappa shape index (κ1) is 32.2. The van der Waals surface area contributed by atoms with Crippen molar-refractivity contribution in [2.24, 2.45) is 0 Å². The smallest absolute Gasteiger partial charge is 0.333 e. The van der Waals surface area contributed by atoms with Gasteiger partial charge in [-0.15, -0.1) is 0 Å². The van der Waals surface area contributed by atoms with Crippen LogP contribution in [0.15, 0.2) is 188 Å². The average Bonchev–Trinajstić information content (AvgIpc) is 3.60. The molecule has 12 rings (SSSR count). The predicted molar refractivity (Wildman–Crippen MR) is 243 cm³/mol. The molecule has 0 radical (unpaired) electrons. The topological polar surface area (TPSA) is 8.17 Å². The number of anilines is 2. The molecule has 57 heavy (non-hydrogen) atoms. The average molecular weight is 725 g/mol. The van der Waals surface area contributed by atoms with E-state index in [2.05, 4.69) is 211 Å². The van der Waals surface area contributed by atoms with Crippen LogP contribution in [0.25, 0.3) is 82.8 Å². The lowest BCUT2D eigenvalue weighted by Crippen LogP contribution is -2.60. The van der Waals surface area contributed by atoms with Crippen molar-refractivity contribution in [3.8, 4) is 50.2 Å². The van der Waals surface area contributed by atoms with Gasteiger partial charge in [0.25, 0.3) is 0 Å². The van der Waals surface area contributed by atoms with Gasteiger partial charge in [-0.1, -0.05) is 151 Å². The Morgan fingerprint density at radius 1 is 0.421 bits per heavy atom. The van der Waals surface area contributed by atoms with E-state index in [1.165, 1.54) is 116 Å². The Bertz CT molecular complexity index is 3250. The molecule has 0 unspecified atom stereocenters. The minimum Gasteiger partial charge on any atom is -0.376 e. The van der Waals surface area contributed by atoms with E-state index >= 15 is 0 Å². The SMILES string of the molecule is Cc1ccc(N2B3c4cc(-c5ccccc5-c5ccccc5)ccc4-n4c5cc6ccccc6cc5c5c(-c6ccccc6)cc(c3c54)-c3cc(C)ccc32)cc1. The Labute approximate surface area is 333 Å². The maximum absolute atomic E-state index is 2.63. The van der Waals surface area contributed by atoms with Gasteiger partial charge in [-0.05, 0) is 123 Å². The molecular formula is C54H37BN2. The van der Waals surface area contributed by atoms with Crippen LogP contribution in [0.4, 0.5) is 11.4 Å². The Morgan fingerprint density at radius 2 is 1.04 bits per heavy atom. The summed E-state index contributed by atoms with van der Waals surface area (Å²) in [5, 5.41) is 5.10. The van der Waals surface area contributed by atoms with Crippen LogP contribution in [-0.4, -0.2) is 11.4 Å². The monoisotopic (exact) mass is 724 g/mol. The molecular weight excluding hydrogens is 687 g/mol. The molecule has 3 heterocycles. The molecule has 0 saturated heterocycles. The fourth-order valence-corrected chi connectivity index (χ4v) is 9.90. The highest BCUT2D eigenvalue weighted by Gasteiger charge is 2.44. The van der Waals surface area contributed by atoms with Crippen LogP contribution in [0.1, 0.15) is 11.1 Å². The van der Waals surface area contributed by atoms with E-state index in [9.17, 15) is 0 Å². The zero-order valence-electron chi connectivity index (χ0n) is 31.9. The van der Waals surface area contributed by atoms with Crippen molar-refractivity contribution in [2.45, 2.75) is 13.8 Å². The molecule has 266 valence electrons. The van der Waals surface area contributed by atoms with Crippen LogP contribution in [0, 0.1) is 13.8 Å². The molecule has 0 fully saturated rings. The minimum absolute atomic E-state index is 0.0738. The van der Waals surface area contributed by atoms with Crippen LogP contribution in [0.5, 0.6) is 0 Å². The maximum Gasteiger partial charge on any atom is 0.333 e. The van der Waals surface area contributed by atoms with E-state index in [1.54, 1.807) is 0 Å². The third-order valence-electron chi connectivity index (χ3n) is 12.5. The highest BCUT2D eigenvalue weighted by molar-refractivity contribution is 6.93. The molecule has 3 heteroatoms. The molecule has 0 spiro atoms. The van der Waals surface area contributed by atoms with E-state index < -0.39 is 0 Å². The van der Waals surface area contributed by atoms with Crippen LogP contribution >= 0.6 is 0 Å². The summed E-state index contributed by atoms with van der Waals surface area (Å²) >= 11 is 0. The van der Waals surface area contributed by atoms with Gasteiger partial charge in [0.1, 0.15) is 0 Å².